The molecule has 32 heavy (non-hydrogen) atoms. The number of anilines is 1. The highest BCUT2D eigenvalue weighted by atomic mass is 19.3. The van der Waals surface area contributed by atoms with Gasteiger partial charge in [-0.05, 0) is 62.9 Å². The van der Waals surface area contributed by atoms with E-state index in [-0.39, 0.29) is 17.6 Å². The number of pyridine rings is 1. The van der Waals surface area contributed by atoms with Crippen LogP contribution in [0.25, 0.3) is 11.1 Å². The number of aryl methyl sites for hydroxylation is 1. The van der Waals surface area contributed by atoms with Crippen molar-refractivity contribution in [2.24, 2.45) is 0 Å². The minimum absolute atomic E-state index is 0.190. The zero-order valence-electron chi connectivity index (χ0n) is 23.0. The van der Waals surface area contributed by atoms with E-state index in [1.807, 2.05) is 4.68 Å². The molecule has 170 valence electrons. The molecule has 1 unspecified atom stereocenters. The number of nitrogens with one attached hydrogen (secondary N) is 1. The van der Waals surface area contributed by atoms with Crippen LogP contribution in [0, 0.1) is 19.5 Å². The molecule has 6 nitrogen and oxygen atoms in total. The van der Waals surface area contributed by atoms with Gasteiger partial charge in [0.25, 0.3) is 6.43 Å². The Morgan fingerprint density at radius 3 is 2.75 bits per heavy atom. The molecule has 1 saturated heterocycles. The number of hydrogen-bond acceptors (Lipinski definition) is 5. The van der Waals surface area contributed by atoms with Gasteiger partial charge in [-0.3, -0.25) is 4.68 Å². The largest absolute Gasteiger partial charge is 0.476 e. The Bertz CT molecular complexity index is 1290. The summed E-state index contributed by atoms with van der Waals surface area (Å²) in [5.74, 6) is -2.00. The van der Waals surface area contributed by atoms with Crippen LogP contribution < -0.4 is 15.8 Å². The quantitative estimate of drug-likeness (QED) is 0.573. The number of nitrogen functional groups attached to an aromatic ring is 1. The smallest absolute Gasteiger partial charge is 0.279 e. The molecule has 1 aliphatic heterocycles. The van der Waals surface area contributed by atoms with Crippen molar-refractivity contribution in [2.75, 3.05) is 18.8 Å². The molecule has 1 atom stereocenters. The average molecular weight is 452 g/mol. The van der Waals surface area contributed by atoms with Crippen LogP contribution in [0.5, 0.6) is 5.75 Å². The Balaban J connectivity index is 1.76. The van der Waals surface area contributed by atoms with Crippen LogP contribution in [0.2, 0.25) is 0 Å². The fraction of sp³-hybridized carbons (Fsp3) is 0.391. The topological polar surface area (TPSA) is 78.0 Å². The minimum Gasteiger partial charge on any atom is -0.476 e. The van der Waals surface area contributed by atoms with Crippen molar-refractivity contribution in [3.05, 3.63) is 59.3 Å². The van der Waals surface area contributed by atoms with E-state index < -0.39 is 48.7 Å². The van der Waals surface area contributed by atoms with Gasteiger partial charge in [0.2, 0.25) is 0 Å². The molecule has 0 bridgehead atoms. The van der Waals surface area contributed by atoms with Crippen LogP contribution in [0.3, 0.4) is 0 Å². The lowest BCUT2D eigenvalue weighted by atomic mass is 9.97. The maximum atomic E-state index is 14.7. The number of piperidine rings is 1. The molecular weight excluding hydrogens is 419 g/mol. The molecule has 3 heterocycles. The van der Waals surface area contributed by atoms with E-state index in [0.29, 0.717) is 17.2 Å². The Morgan fingerprint density at radius 2 is 2.03 bits per heavy atom. The van der Waals surface area contributed by atoms with Gasteiger partial charge in [0.05, 0.1) is 12.2 Å². The van der Waals surface area contributed by atoms with Crippen molar-refractivity contribution in [1.82, 2.24) is 20.1 Å². The van der Waals surface area contributed by atoms with E-state index in [9.17, 15) is 13.2 Å². The molecule has 1 aromatic carbocycles. The Labute approximate surface area is 193 Å². The number of halogens is 3. The van der Waals surface area contributed by atoms with Gasteiger partial charge >= 0.3 is 0 Å². The Hall–Kier alpha value is -3.07. The van der Waals surface area contributed by atoms with E-state index in [1.54, 1.807) is 12.4 Å². The molecule has 0 radical (unpaired) electrons. The second-order valence-electron chi connectivity index (χ2n) is 7.55. The van der Waals surface area contributed by atoms with Gasteiger partial charge in [-0.2, -0.15) is 5.10 Å². The molecule has 3 aromatic rings. The van der Waals surface area contributed by atoms with Gasteiger partial charge in [0.15, 0.2) is 17.7 Å². The number of benzene rings is 1. The highest BCUT2D eigenvalue weighted by Crippen LogP contribution is 2.36. The van der Waals surface area contributed by atoms with Crippen LogP contribution in [0.1, 0.15) is 49.9 Å². The summed E-state index contributed by atoms with van der Waals surface area (Å²) in [4.78, 5) is 4.01. The SMILES string of the molecule is [2H]C([2H])([2H])c1ccc(F)c(C([2H])([2H])[2H])c1C(Oc1cc(-c2cnn(C3CCNCC3)c2)cnc1N)C(F)F. The van der Waals surface area contributed by atoms with E-state index in [0.717, 1.165) is 32.0 Å². The van der Waals surface area contributed by atoms with Crippen LogP contribution in [0.4, 0.5) is 19.0 Å². The average Bonchev–Trinajstić information content (AvgIpc) is 3.32. The summed E-state index contributed by atoms with van der Waals surface area (Å²) in [7, 11) is 0. The summed E-state index contributed by atoms with van der Waals surface area (Å²) >= 11 is 0. The summed E-state index contributed by atoms with van der Waals surface area (Å²) in [6.45, 7) is -4.57. The van der Waals surface area contributed by atoms with Crippen LogP contribution >= 0.6 is 0 Å². The molecule has 1 aliphatic rings. The van der Waals surface area contributed by atoms with Crippen molar-refractivity contribution < 1.29 is 26.1 Å². The molecule has 1 fully saturated rings. The molecular formula is C23H26F3N5O. The van der Waals surface area contributed by atoms with E-state index >= 15 is 0 Å². The van der Waals surface area contributed by atoms with Gasteiger partial charge < -0.3 is 15.8 Å². The summed E-state index contributed by atoms with van der Waals surface area (Å²) in [5.41, 5.74) is 4.03. The normalized spacial score (nSPS) is 19.4. The number of alkyl halides is 2. The first-order valence-electron chi connectivity index (χ1n) is 13.1. The maximum Gasteiger partial charge on any atom is 0.279 e. The molecule has 9 heteroatoms. The monoisotopic (exact) mass is 451 g/mol. The number of aromatic nitrogens is 3. The zero-order chi connectivity index (χ0) is 27.8. The summed E-state index contributed by atoms with van der Waals surface area (Å²) in [6.07, 6.45) is 0.623. The Kier molecular flexibility index (Phi) is 4.51. The standard InChI is InChI=1S/C23H26F3N5O/c1-13-3-4-18(24)14(2)20(13)21(22(25)26)32-19-9-15(10-29-23(19)27)16-11-30-31(12-16)17-5-7-28-8-6-17/h3-4,9-12,17,21-22,28H,5-8H2,1-2H3,(H2,27,29)/i1D3,2D3. The number of nitrogens with two attached hydrogens (primary N) is 1. The lowest BCUT2D eigenvalue weighted by Crippen LogP contribution is -2.29. The predicted octanol–water partition coefficient (Wildman–Crippen LogP) is 4.59. The first kappa shape index (κ1) is 15.7. The Morgan fingerprint density at radius 1 is 1.22 bits per heavy atom. The summed E-state index contributed by atoms with van der Waals surface area (Å²) < 4.78 is 97.2. The van der Waals surface area contributed by atoms with Crippen molar-refractivity contribution in [2.45, 2.75) is 45.1 Å². The third-order valence-corrected chi connectivity index (χ3v) is 5.46. The summed E-state index contributed by atoms with van der Waals surface area (Å²) in [5, 5.41) is 7.66. The lowest BCUT2D eigenvalue weighted by molar-refractivity contribution is 0.00988. The van der Waals surface area contributed by atoms with Crippen molar-refractivity contribution in [1.29, 1.82) is 0 Å². The van der Waals surface area contributed by atoms with Crippen molar-refractivity contribution in [3.8, 4) is 16.9 Å². The number of nitrogens with zero attached hydrogens (tertiary/aromatic N) is 3. The van der Waals surface area contributed by atoms with Crippen molar-refractivity contribution >= 4 is 5.82 Å². The molecule has 3 N–H and O–H groups in total. The highest BCUT2D eigenvalue weighted by Gasteiger charge is 2.30. The molecule has 0 saturated carbocycles. The fourth-order valence-corrected chi connectivity index (χ4v) is 3.73. The number of rotatable bonds is 6. The van der Waals surface area contributed by atoms with Gasteiger partial charge in [-0.15, -0.1) is 0 Å². The maximum absolute atomic E-state index is 14.7. The second-order valence-corrected chi connectivity index (χ2v) is 7.55. The first-order chi connectivity index (χ1) is 17.8. The third kappa shape index (κ3) is 4.43. The summed E-state index contributed by atoms with van der Waals surface area (Å²) in [6, 6.07) is 2.91. The predicted molar refractivity (Wildman–Crippen MR) is 116 cm³/mol. The zero-order valence-corrected chi connectivity index (χ0v) is 17.0. The fourth-order valence-electron chi connectivity index (χ4n) is 3.73. The number of hydrogen-bond donors (Lipinski definition) is 2. The van der Waals surface area contributed by atoms with Gasteiger partial charge in [0, 0.05) is 37.3 Å². The minimum atomic E-state index is -3.44. The third-order valence-electron chi connectivity index (χ3n) is 5.46. The first-order valence-corrected chi connectivity index (χ1v) is 10.1. The lowest BCUT2D eigenvalue weighted by Gasteiger charge is -2.23. The van der Waals surface area contributed by atoms with Gasteiger partial charge in [0.1, 0.15) is 5.82 Å². The van der Waals surface area contributed by atoms with Crippen LogP contribution in [0.15, 0.2) is 36.8 Å². The van der Waals surface area contributed by atoms with E-state index in [1.165, 1.54) is 12.3 Å². The van der Waals surface area contributed by atoms with Gasteiger partial charge in [-0.25, -0.2) is 18.2 Å². The van der Waals surface area contributed by atoms with E-state index in [4.69, 9.17) is 18.7 Å². The molecule has 0 spiro atoms. The van der Waals surface area contributed by atoms with Crippen molar-refractivity contribution in [3.63, 3.8) is 0 Å². The molecule has 0 amide bonds. The molecule has 0 aliphatic carbocycles. The second kappa shape index (κ2) is 9.20. The molecule has 2 aromatic heterocycles. The highest BCUT2D eigenvalue weighted by molar-refractivity contribution is 5.66. The van der Waals surface area contributed by atoms with Crippen LogP contribution in [-0.2, 0) is 0 Å². The van der Waals surface area contributed by atoms with E-state index in [2.05, 4.69) is 15.4 Å². The van der Waals surface area contributed by atoms with Crippen LogP contribution in [-0.4, -0.2) is 34.3 Å². The van der Waals surface area contributed by atoms with Gasteiger partial charge in [-0.1, -0.05) is 6.07 Å². The molecule has 4 rings (SSSR count). The number of ether oxygens (including phenoxy) is 1.